The molecule has 4 heteroatoms. The van der Waals surface area contributed by atoms with E-state index in [1.54, 1.807) is 0 Å². The van der Waals surface area contributed by atoms with E-state index in [1.807, 2.05) is 30.5 Å². The molecule has 3 nitrogen and oxygen atoms in total. The van der Waals surface area contributed by atoms with Crippen molar-refractivity contribution < 1.29 is 0 Å². The number of benzene rings is 1. The van der Waals surface area contributed by atoms with Crippen molar-refractivity contribution in [3.63, 3.8) is 0 Å². The fourth-order valence-electron chi connectivity index (χ4n) is 2.46. The molecule has 1 aromatic carbocycles. The summed E-state index contributed by atoms with van der Waals surface area (Å²) >= 11 is 6.03. The van der Waals surface area contributed by atoms with Gasteiger partial charge in [-0.05, 0) is 71.3 Å². The Morgan fingerprint density at radius 2 is 2.00 bits per heavy atom. The second-order valence-electron chi connectivity index (χ2n) is 6.88. The quantitative estimate of drug-likeness (QED) is 0.747. The van der Waals surface area contributed by atoms with Gasteiger partial charge < -0.3 is 10.6 Å². The number of fused-ring (bicyclic) bond motifs is 1. The zero-order valence-electron chi connectivity index (χ0n) is 13.9. The van der Waals surface area contributed by atoms with Gasteiger partial charge in [-0.2, -0.15) is 0 Å². The molecule has 0 aliphatic rings. The molecule has 1 heterocycles. The Hall–Kier alpha value is -1.32. The van der Waals surface area contributed by atoms with Crippen LogP contribution in [0.3, 0.4) is 0 Å². The van der Waals surface area contributed by atoms with E-state index >= 15 is 0 Å². The van der Waals surface area contributed by atoms with Crippen LogP contribution in [0.25, 0.3) is 10.9 Å². The van der Waals surface area contributed by atoms with E-state index in [4.69, 9.17) is 11.6 Å². The number of anilines is 1. The van der Waals surface area contributed by atoms with Gasteiger partial charge in [-0.25, -0.2) is 0 Å². The van der Waals surface area contributed by atoms with Crippen LogP contribution in [0.2, 0.25) is 5.02 Å². The highest BCUT2D eigenvalue weighted by Crippen LogP contribution is 2.25. The Morgan fingerprint density at radius 3 is 2.73 bits per heavy atom. The molecule has 22 heavy (non-hydrogen) atoms. The molecule has 0 aliphatic heterocycles. The molecule has 0 unspecified atom stereocenters. The number of aromatic nitrogens is 1. The number of halogens is 1. The lowest BCUT2D eigenvalue weighted by Gasteiger charge is -2.22. The summed E-state index contributed by atoms with van der Waals surface area (Å²) in [7, 11) is 0. The average molecular weight is 320 g/mol. The van der Waals surface area contributed by atoms with Crippen LogP contribution in [0, 0.1) is 0 Å². The molecule has 0 amide bonds. The normalized spacial score (nSPS) is 13.3. The molecule has 120 valence electrons. The van der Waals surface area contributed by atoms with E-state index in [0.29, 0.717) is 6.04 Å². The van der Waals surface area contributed by atoms with Gasteiger partial charge in [0, 0.05) is 33.9 Å². The lowest BCUT2D eigenvalue weighted by atomic mass is 10.1. The number of pyridine rings is 1. The lowest BCUT2D eigenvalue weighted by molar-refractivity contribution is 0.416. The summed E-state index contributed by atoms with van der Waals surface area (Å²) in [5.41, 5.74) is 2.24. The number of hydrogen-bond acceptors (Lipinski definition) is 3. The molecule has 0 aliphatic carbocycles. The smallest absolute Gasteiger partial charge is 0.0737 e. The van der Waals surface area contributed by atoms with Crippen molar-refractivity contribution in [2.45, 2.75) is 52.1 Å². The van der Waals surface area contributed by atoms with E-state index in [9.17, 15) is 0 Å². The molecule has 2 aromatic rings. The summed E-state index contributed by atoms with van der Waals surface area (Å²) in [6.45, 7) is 9.86. The summed E-state index contributed by atoms with van der Waals surface area (Å²) < 4.78 is 0. The van der Waals surface area contributed by atoms with Gasteiger partial charge in [0.2, 0.25) is 0 Å². The fraction of sp³-hybridized carbons (Fsp3) is 0.500. The van der Waals surface area contributed by atoms with Crippen LogP contribution in [0.15, 0.2) is 30.5 Å². The molecule has 2 N–H and O–H groups in total. The van der Waals surface area contributed by atoms with Crippen LogP contribution in [0.4, 0.5) is 5.69 Å². The third-order valence-corrected chi connectivity index (χ3v) is 3.81. The van der Waals surface area contributed by atoms with Crippen molar-refractivity contribution in [2.24, 2.45) is 0 Å². The Bertz CT molecular complexity index is 619. The Kier molecular flexibility index (Phi) is 5.65. The van der Waals surface area contributed by atoms with Crippen LogP contribution in [0.5, 0.6) is 0 Å². The maximum atomic E-state index is 6.03. The van der Waals surface area contributed by atoms with Crippen LogP contribution < -0.4 is 10.6 Å². The maximum Gasteiger partial charge on any atom is 0.0737 e. The number of nitrogens with zero attached hydrogens (tertiary/aromatic N) is 1. The maximum absolute atomic E-state index is 6.03. The summed E-state index contributed by atoms with van der Waals surface area (Å²) in [6, 6.07) is 8.29. The summed E-state index contributed by atoms with van der Waals surface area (Å²) in [6.07, 6.45) is 4.11. The molecule has 0 fully saturated rings. The van der Waals surface area contributed by atoms with Crippen molar-refractivity contribution in [2.75, 3.05) is 11.9 Å². The molecule has 0 spiro atoms. The molecule has 0 radical (unpaired) electrons. The van der Waals surface area contributed by atoms with Gasteiger partial charge in [0.15, 0.2) is 0 Å². The second kappa shape index (κ2) is 7.30. The minimum atomic E-state index is 0.192. The lowest BCUT2D eigenvalue weighted by Crippen LogP contribution is -2.36. The van der Waals surface area contributed by atoms with Crippen molar-refractivity contribution in [1.82, 2.24) is 10.3 Å². The summed E-state index contributed by atoms with van der Waals surface area (Å²) in [5.74, 6) is 0. The highest BCUT2D eigenvalue weighted by Gasteiger charge is 2.09. The van der Waals surface area contributed by atoms with Crippen molar-refractivity contribution in [3.05, 3.63) is 35.5 Å². The molecular formula is C18H26ClN3. The monoisotopic (exact) mass is 319 g/mol. The van der Waals surface area contributed by atoms with Crippen molar-refractivity contribution >= 4 is 28.2 Å². The fourth-order valence-corrected chi connectivity index (χ4v) is 2.62. The molecule has 1 aromatic heterocycles. The molecule has 0 saturated carbocycles. The van der Waals surface area contributed by atoms with E-state index in [-0.39, 0.29) is 5.54 Å². The van der Waals surface area contributed by atoms with Crippen molar-refractivity contribution in [3.8, 4) is 0 Å². The van der Waals surface area contributed by atoms with Gasteiger partial charge in [0.05, 0.1) is 5.52 Å². The zero-order valence-corrected chi connectivity index (χ0v) is 14.7. The van der Waals surface area contributed by atoms with Crippen molar-refractivity contribution in [1.29, 1.82) is 0 Å². The van der Waals surface area contributed by atoms with Crippen LogP contribution in [-0.4, -0.2) is 23.1 Å². The Labute approximate surface area is 138 Å². The SMILES string of the molecule is C[C@H](CCCNC(C)(C)C)Nc1ccnc2cc(Cl)ccc12. The van der Waals surface area contributed by atoms with Gasteiger partial charge in [-0.1, -0.05) is 11.6 Å². The predicted molar refractivity (Wildman–Crippen MR) is 96.8 cm³/mol. The molecule has 0 bridgehead atoms. The highest BCUT2D eigenvalue weighted by atomic mass is 35.5. The first-order valence-electron chi connectivity index (χ1n) is 7.91. The van der Waals surface area contributed by atoms with Crippen LogP contribution >= 0.6 is 11.6 Å². The number of rotatable bonds is 6. The predicted octanol–water partition coefficient (Wildman–Crippen LogP) is 4.86. The first-order valence-corrected chi connectivity index (χ1v) is 8.29. The summed E-state index contributed by atoms with van der Waals surface area (Å²) in [4.78, 5) is 4.38. The number of nitrogens with one attached hydrogen (secondary N) is 2. The van der Waals surface area contributed by atoms with E-state index in [0.717, 1.165) is 41.0 Å². The molecular weight excluding hydrogens is 294 g/mol. The third-order valence-electron chi connectivity index (χ3n) is 3.58. The van der Waals surface area contributed by atoms with Gasteiger partial charge in [-0.3, -0.25) is 4.98 Å². The molecule has 2 rings (SSSR count). The van der Waals surface area contributed by atoms with Gasteiger partial charge in [-0.15, -0.1) is 0 Å². The van der Waals surface area contributed by atoms with Gasteiger partial charge in [0.25, 0.3) is 0 Å². The molecule has 1 atom stereocenters. The third kappa shape index (κ3) is 5.15. The zero-order chi connectivity index (χ0) is 16.2. The summed E-state index contributed by atoms with van der Waals surface area (Å²) in [5, 5.41) is 8.95. The van der Waals surface area contributed by atoms with Crippen LogP contribution in [-0.2, 0) is 0 Å². The minimum Gasteiger partial charge on any atom is -0.382 e. The van der Waals surface area contributed by atoms with Gasteiger partial charge >= 0.3 is 0 Å². The average Bonchev–Trinajstić information content (AvgIpc) is 2.42. The first-order chi connectivity index (χ1) is 10.3. The Balaban J connectivity index is 1.93. The van der Waals surface area contributed by atoms with Gasteiger partial charge in [0.1, 0.15) is 0 Å². The first kappa shape index (κ1) is 17.0. The number of hydrogen-bond donors (Lipinski definition) is 2. The standard InChI is InChI=1S/C18H26ClN3/c1-13(6-5-10-21-18(2,3)4)22-16-9-11-20-17-12-14(19)7-8-15(16)17/h7-9,11-13,21H,5-6,10H2,1-4H3,(H,20,22)/t13-/m1/s1. The van der Waals surface area contributed by atoms with E-state index in [1.165, 1.54) is 0 Å². The van der Waals surface area contributed by atoms with E-state index < -0.39 is 0 Å². The second-order valence-corrected chi connectivity index (χ2v) is 7.32. The topological polar surface area (TPSA) is 37.0 Å². The van der Waals surface area contributed by atoms with E-state index in [2.05, 4.69) is 43.3 Å². The van der Waals surface area contributed by atoms with Crippen LogP contribution in [0.1, 0.15) is 40.5 Å². The largest absolute Gasteiger partial charge is 0.382 e. The Morgan fingerprint density at radius 1 is 1.23 bits per heavy atom. The molecule has 0 saturated heterocycles. The highest BCUT2D eigenvalue weighted by molar-refractivity contribution is 6.31. The minimum absolute atomic E-state index is 0.192.